The molecule has 20 heavy (non-hydrogen) atoms. The largest absolute Gasteiger partial charge is 0.309 e. The number of benzene rings is 2. The summed E-state index contributed by atoms with van der Waals surface area (Å²) in [5.74, 6) is -0.0327. The van der Waals surface area contributed by atoms with Crippen LogP contribution in [0.25, 0.3) is 0 Å². The Morgan fingerprint density at radius 1 is 1.20 bits per heavy atom. The van der Waals surface area contributed by atoms with Gasteiger partial charge in [0, 0.05) is 21.4 Å². The topological polar surface area (TPSA) is 20.3 Å². The maximum Gasteiger partial charge on any atom is 0.258 e. The van der Waals surface area contributed by atoms with Gasteiger partial charge in [0.2, 0.25) is 0 Å². The standard InChI is InChI=1S/C16H15ClINO/c1-3-19(13-7-4-11(2)5-8-13)16(20)12-6-9-15(18)14(17)10-12/h4-10H,3H2,1-2H3. The Labute approximate surface area is 137 Å². The van der Waals surface area contributed by atoms with Crippen LogP contribution in [-0.2, 0) is 0 Å². The van der Waals surface area contributed by atoms with Crippen LogP contribution in [0.5, 0.6) is 0 Å². The molecule has 0 heterocycles. The number of amides is 1. The Morgan fingerprint density at radius 2 is 1.85 bits per heavy atom. The molecular weight excluding hydrogens is 385 g/mol. The first-order valence-corrected chi connectivity index (χ1v) is 7.82. The van der Waals surface area contributed by atoms with E-state index in [0.29, 0.717) is 17.1 Å². The van der Waals surface area contributed by atoms with Gasteiger partial charge in [-0.2, -0.15) is 0 Å². The molecule has 1 amide bonds. The van der Waals surface area contributed by atoms with Crippen molar-refractivity contribution in [1.82, 2.24) is 0 Å². The van der Waals surface area contributed by atoms with E-state index >= 15 is 0 Å². The van der Waals surface area contributed by atoms with Gasteiger partial charge >= 0.3 is 0 Å². The van der Waals surface area contributed by atoms with Gasteiger partial charge in [0.1, 0.15) is 0 Å². The summed E-state index contributed by atoms with van der Waals surface area (Å²) in [6.07, 6.45) is 0. The molecule has 0 saturated carbocycles. The number of halogens is 2. The lowest BCUT2D eigenvalue weighted by atomic mass is 10.1. The lowest BCUT2D eigenvalue weighted by Crippen LogP contribution is -2.30. The Morgan fingerprint density at radius 3 is 2.40 bits per heavy atom. The number of nitrogens with zero attached hydrogens (tertiary/aromatic N) is 1. The Kier molecular flexibility index (Phi) is 5.05. The lowest BCUT2D eigenvalue weighted by molar-refractivity contribution is 0.0988. The van der Waals surface area contributed by atoms with Gasteiger partial charge in [0.05, 0.1) is 5.02 Å². The Hall–Kier alpha value is -1.07. The molecular formula is C16H15ClINO. The molecule has 0 bridgehead atoms. The zero-order chi connectivity index (χ0) is 14.7. The number of anilines is 1. The second-order valence-corrected chi connectivity index (χ2v) is 6.08. The van der Waals surface area contributed by atoms with Crippen LogP contribution in [0, 0.1) is 10.5 Å². The van der Waals surface area contributed by atoms with Crippen LogP contribution in [-0.4, -0.2) is 12.5 Å². The first-order valence-electron chi connectivity index (χ1n) is 6.36. The number of carbonyl (C=O) groups is 1. The third-order valence-electron chi connectivity index (χ3n) is 3.07. The van der Waals surface area contributed by atoms with E-state index < -0.39 is 0 Å². The molecule has 0 spiro atoms. The fourth-order valence-electron chi connectivity index (χ4n) is 1.95. The van der Waals surface area contributed by atoms with Crippen molar-refractivity contribution in [3.05, 3.63) is 62.2 Å². The van der Waals surface area contributed by atoms with Crippen molar-refractivity contribution in [3.63, 3.8) is 0 Å². The minimum Gasteiger partial charge on any atom is -0.309 e. The van der Waals surface area contributed by atoms with Crippen molar-refractivity contribution in [3.8, 4) is 0 Å². The van der Waals surface area contributed by atoms with Crippen LogP contribution in [0.2, 0.25) is 5.02 Å². The van der Waals surface area contributed by atoms with E-state index in [2.05, 4.69) is 22.6 Å². The molecule has 0 aliphatic heterocycles. The number of carbonyl (C=O) groups excluding carboxylic acids is 1. The van der Waals surface area contributed by atoms with Gasteiger partial charge in [0.25, 0.3) is 5.91 Å². The number of hydrogen-bond donors (Lipinski definition) is 0. The second-order valence-electron chi connectivity index (χ2n) is 4.51. The van der Waals surface area contributed by atoms with E-state index in [4.69, 9.17) is 11.6 Å². The predicted molar refractivity (Wildman–Crippen MR) is 92.7 cm³/mol. The number of rotatable bonds is 3. The highest BCUT2D eigenvalue weighted by atomic mass is 127. The summed E-state index contributed by atoms with van der Waals surface area (Å²) in [6.45, 7) is 4.61. The lowest BCUT2D eigenvalue weighted by Gasteiger charge is -2.21. The van der Waals surface area contributed by atoms with Crippen LogP contribution < -0.4 is 4.90 Å². The normalized spacial score (nSPS) is 10.4. The molecule has 2 rings (SSSR count). The van der Waals surface area contributed by atoms with Crippen molar-refractivity contribution in [1.29, 1.82) is 0 Å². The zero-order valence-corrected chi connectivity index (χ0v) is 14.3. The minimum absolute atomic E-state index is 0.0327. The minimum atomic E-state index is -0.0327. The molecule has 2 aromatic carbocycles. The van der Waals surface area contributed by atoms with Crippen molar-refractivity contribution < 1.29 is 4.79 Å². The first-order chi connectivity index (χ1) is 9.52. The molecule has 0 N–H and O–H groups in total. The second kappa shape index (κ2) is 6.59. The zero-order valence-electron chi connectivity index (χ0n) is 11.4. The molecule has 104 valence electrons. The molecule has 2 aromatic rings. The molecule has 0 unspecified atom stereocenters. The van der Waals surface area contributed by atoms with Crippen LogP contribution in [0.15, 0.2) is 42.5 Å². The van der Waals surface area contributed by atoms with Crippen LogP contribution in [0.4, 0.5) is 5.69 Å². The van der Waals surface area contributed by atoms with Crippen LogP contribution in [0.1, 0.15) is 22.8 Å². The van der Waals surface area contributed by atoms with Gasteiger partial charge in [-0.3, -0.25) is 4.79 Å². The maximum absolute atomic E-state index is 12.6. The average Bonchev–Trinajstić information content (AvgIpc) is 2.44. The average molecular weight is 400 g/mol. The molecule has 0 radical (unpaired) electrons. The Bertz CT molecular complexity index is 625. The van der Waals surface area contributed by atoms with E-state index in [9.17, 15) is 4.79 Å². The van der Waals surface area contributed by atoms with E-state index in [1.165, 1.54) is 5.56 Å². The number of hydrogen-bond acceptors (Lipinski definition) is 1. The van der Waals surface area contributed by atoms with E-state index in [1.54, 1.807) is 11.0 Å². The third-order valence-corrected chi connectivity index (χ3v) is 4.65. The highest BCUT2D eigenvalue weighted by Gasteiger charge is 2.16. The quantitative estimate of drug-likeness (QED) is 0.671. The molecule has 0 aliphatic carbocycles. The molecule has 0 aliphatic rings. The monoisotopic (exact) mass is 399 g/mol. The van der Waals surface area contributed by atoms with Gasteiger partial charge in [-0.25, -0.2) is 0 Å². The first kappa shape index (κ1) is 15.3. The van der Waals surface area contributed by atoms with Gasteiger partial charge < -0.3 is 4.90 Å². The summed E-state index contributed by atoms with van der Waals surface area (Å²) in [5.41, 5.74) is 2.69. The van der Waals surface area contributed by atoms with Gasteiger partial charge in [-0.15, -0.1) is 0 Å². The fourth-order valence-corrected chi connectivity index (χ4v) is 2.47. The summed E-state index contributed by atoms with van der Waals surface area (Å²) in [4.78, 5) is 14.3. The Balaban J connectivity index is 2.33. The van der Waals surface area contributed by atoms with Crippen molar-refractivity contribution >= 4 is 45.8 Å². The van der Waals surface area contributed by atoms with Gasteiger partial charge in [0.15, 0.2) is 0 Å². The van der Waals surface area contributed by atoms with Gasteiger partial charge in [-0.05, 0) is 66.8 Å². The molecule has 0 atom stereocenters. The molecule has 2 nitrogen and oxygen atoms in total. The fraction of sp³-hybridized carbons (Fsp3) is 0.188. The SMILES string of the molecule is CCN(C(=O)c1ccc(I)c(Cl)c1)c1ccc(C)cc1. The van der Waals surface area contributed by atoms with Gasteiger partial charge in [-0.1, -0.05) is 29.3 Å². The predicted octanol–water partition coefficient (Wildman–Crippen LogP) is 4.92. The highest BCUT2D eigenvalue weighted by Crippen LogP contribution is 2.23. The molecule has 4 heteroatoms. The van der Waals surface area contributed by atoms with Crippen molar-refractivity contribution in [2.45, 2.75) is 13.8 Å². The number of aryl methyl sites for hydroxylation is 1. The summed E-state index contributed by atoms with van der Waals surface area (Å²) in [7, 11) is 0. The molecule has 0 saturated heterocycles. The third kappa shape index (κ3) is 3.33. The van der Waals surface area contributed by atoms with Crippen LogP contribution in [0.3, 0.4) is 0 Å². The summed E-state index contributed by atoms with van der Waals surface area (Å²) < 4.78 is 0.944. The summed E-state index contributed by atoms with van der Waals surface area (Å²) in [5, 5.41) is 0.608. The summed E-state index contributed by atoms with van der Waals surface area (Å²) >= 11 is 8.24. The maximum atomic E-state index is 12.6. The van der Waals surface area contributed by atoms with Crippen LogP contribution >= 0.6 is 34.2 Å². The summed E-state index contributed by atoms with van der Waals surface area (Å²) in [6, 6.07) is 13.3. The van der Waals surface area contributed by atoms with Crippen molar-refractivity contribution in [2.75, 3.05) is 11.4 Å². The van der Waals surface area contributed by atoms with E-state index in [-0.39, 0.29) is 5.91 Å². The molecule has 0 fully saturated rings. The van der Waals surface area contributed by atoms with E-state index in [1.807, 2.05) is 50.2 Å². The van der Waals surface area contributed by atoms with Crippen molar-refractivity contribution in [2.24, 2.45) is 0 Å². The van der Waals surface area contributed by atoms with E-state index in [0.717, 1.165) is 9.26 Å². The molecule has 0 aromatic heterocycles. The smallest absolute Gasteiger partial charge is 0.258 e. The highest BCUT2D eigenvalue weighted by molar-refractivity contribution is 14.1.